The summed E-state index contributed by atoms with van der Waals surface area (Å²) in [4.78, 5) is 2.16. The third-order valence-electron chi connectivity index (χ3n) is 2.90. The fourth-order valence-corrected chi connectivity index (χ4v) is 2.97. The fourth-order valence-electron chi connectivity index (χ4n) is 1.82. The zero-order chi connectivity index (χ0) is 16.2. The van der Waals surface area contributed by atoms with Gasteiger partial charge >= 0.3 is 0 Å². The molecule has 2 aromatic carbocycles. The minimum Gasteiger partial charge on any atom is -0.507 e. The molecule has 0 amide bonds. The predicted octanol–water partition coefficient (Wildman–Crippen LogP) is 2.89. The van der Waals surface area contributed by atoms with Crippen molar-refractivity contribution in [2.75, 3.05) is 0 Å². The smallest absolute Gasteiger partial charge is 0.251 e. The summed E-state index contributed by atoms with van der Waals surface area (Å²) in [5.74, 6) is -0.195. The number of halogens is 1. The number of hydrazone groups is 1. The maximum Gasteiger partial charge on any atom is 0.251 e. The molecule has 7 heteroatoms. The molecule has 0 aliphatic heterocycles. The molecular weight excluding hydrogens is 324 g/mol. The first kappa shape index (κ1) is 16.3. The molecule has 0 aromatic heterocycles. The van der Waals surface area contributed by atoms with Gasteiger partial charge in [-0.05, 0) is 30.7 Å². The summed E-state index contributed by atoms with van der Waals surface area (Å²) in [7, 11) is -3.61. The van der Waals surface area contributed by atoms with Crippen molar-refractivity contribution in [3.8, 4) is 5.75 Å². The number of nitrogens with one attached hydrogen (secondary N) is 1. The summed E-state index contributed by atoms with van der Waals surface area (Å²) in [5.41, 5.74) is 1.35. The van der Waals surface area contributed by atoms with Crippen molar-refractivity contribution >= 4 is 27.3 Å². The SMILES string of the molecule is CC(=NNS(=O)(=O)Cc1ccccc1)c1cc(Cl)ccc1O. The number of phenols is 1. The van der Waals surface area contributed by atoms with Crippen molar-refractivity contribution in [1.82, 2.24) is 4.83 Å². The number of benzene rings is 2. The lowest BCUT2D eigenvalue weighted by molar-refractivity contribution is 0.474. The maximum absolute atomic E-state index is 12.0. The van der Waals surface area contributed by atoms with E-state index in [4.69, 9.17) is 11.6 Å². The van der Waals surface area contributed by atoms with E-state index in [1.54, 1.807) is 31.2 Å². The Bertz CT molecular complexity index is 790. The Balaban J connectivity index is 2.14. The largest absolute Gasteiger partial charge is 0.507 e. The second-order valence-corrected chi connectivity index (χ2v) is 6.83. The molecule has 0 saturated heterocycles. The van der Waals surface area contributed by atoms with Crippen molar-refractivity contribution in [2.45, 2.75) is 12.7 Å². The Labute approximate surface area is 134 Å². The van der Waals surface area contributed by atoms with Gasteiger partial charge in [0.2, 0.25) is 0 Å². The van der Waals surface area contributed by atoms with Crippen LogP contribution < -0.4 is 4.83 Å². The summed E-state index contributed by atoms with van der Waals surface area (Å²) in [6, 6.07) is 13.3. The molecule has 0 unspecified atom stereocenters. The molecule has 0 atom stereocenters. The molecule has 2 aromatic rings. The molecule has 0 bridgehead atoms. The van der Waals surface area contributed by atoms with E-state index in [1.165, 1.54) is 18.2 Å². The molecule has 2 N–H and O–H groups in total. The normalized spacial score (nSPS) is 12.2. The van der Waals surface area contributed by atoms with E-state index >= 15 is 0 Å². The Morgan fingerprint density at radius 3 is 2.59 bits per heavy atom. The highest BCUT2D eigenvalue weighted by Gasteiger charge is 2.11. The van der Waals surface area contributed by atoms with E-state index in [-0.39, 0.29) is 11.5 Å². The van der Waals surface area contributed by atoms with Crippen LogP contribution in [0.1, 0.15) is 18.1 Å². The Hall–Kier alpha value is -2.05. The van der Waals surface area contributed by atoms with Crippen molar-refractivity contribution in [3.63, 3.8) is 0 Å². The van der Waals surface area contributed by atoms with Gasteiger partial charge in [-0.1, -0.05) is 41.9 Å². The van der Waals surface area contributed by atoms with Gasteiger partial charge in [0.1, 0.15) is 5.75 Å². The lowest BCUT2D eigenvalue weighted by Crippen LogP contribution is -2.21. The first-order chi connectivity index (χ1) is 10.4. The molecule has 0 saturated carbocycles. The Morgan fingerprint density at radius 2 is 1.91 bits per heavy atom. The summed E-state index contributed by atoms with van der Waals surface area (Å²) >= 11 is 5.85. The van der Waals surface area contributed by atoms with Gasteiger partial charge in [-0.15, -0.1) is 0 Å². The molecular formula is C15H15ClN2O3S. The topological polar surface area (TPSA) is 78.8 Å². The summed E-state index contributed by atoms with van der Waals surface area (Å²) in [6.45, 7) is 1.58. The molecule has 0 aliphatic carbocycles. The Kier molecular flexibility index (Phi) is 5.05. The van der Waals surface area contributed by atoms with Crippen LogP contribution in [0, 0.1) is 0 Å². The van der Waals surface area contributed by atoms with Gasteiger partial charge in [0, 0.05) is 10.6 Å². The lowest BCUT2D eigenvalue weighted by atomic mass is 10.1. The molecule has 0 heterocycles. The van der Waals surface area contributed by atoms with Crippen LogP contribution in [0.15, 0.2) is 53.6 Å². The number of aromatic hydroxyl groups is 1. The van der Waals surface area contributed by atoms with E-state index in [1.807, 2.05) is 6.07 Å². The minimum absolute atomic E-state index is 0.0205. The highest BCUT2D eigenvalue weighted by Crippen LogP contribution is 2.22. The van der Waals surface area contributed by atoms with E-state index in [9.17, 15) is 13.5 Å². The minimum atomic E-state index is -3.61. The molecule has 0 aliphatic rings. The third-order valence-corrected chi connectivity index (χ3v) is 4.22. The van der Waals surface area contributed by atoms with Gasteiger partial charge in [-0.2, -0.15) is 5.10 Å². The molecule has 0 radical (unpaired) electrons. The fraction of sp³-hybridized carbons (Fsp3) is 0.133. The van der Waals surface area contributed by atoms with Crippen LogP contribution in [0.25, 0.3) is 0 Å². The Morgan fingerprint density at radius 1 is 1.23 bits per heavy atom. The predicted molar refractivity (Wildman–Crippen MR) is 87.5 cm³/mol. The molecule has 0 fully saturated rings. The zero-order valence-electron chi connectivity index (χ0n) is 11.8. The van der Waals surface area contributed by atoms with Gasteiger partial charge in [0.15, 0.2) is 0 Å². The third kappa shape index (κ3) is 4.47. The van der Waals surface area contributed by atoms with Crippen molar-refractivity contribution in [2.24, 2.45) is 5.10 Å². The van der Waals surface area contributed by atoms with Crippen molar-refractivity contribution in [1.29, 1.82) is 0 Å². The van der Waals surface area contributed by atoms with E-state index in [0.717, 1.165) is 0 Å². The van der Waals surface area contributed by atoms with E-state index in [2.05, 4.69) is 9.93 Å². The maximum atomic E-state index is 12.0. The standard InChI is InChI=1S/C15H15ClN2O3S/c1-11(14-9-13(16)7-8-15(14)19)17-18-22(20,21)10-12-5-3-2-4-6-12/h2-9,18-19H,10H2,1H3. The number of nitrogens with zero attached hydrogens (tertiary/aromatic N) is 1. The van der Waals surface area contributed by atoms with E-state index in [0.29, 0.717) is 21.9 Å². The average Bonchev–Trinajstić information content (AvgIpc) is 2.48. The summed E-state index contributed by atoms with van der Waals surface area (Å²) in [6.07, 6.45) is 0. The van der Waals surface area contributed by atoms with Crippen LogP contribution in [0.3, 0.4) is 0 Å². The lowest BCUT2D eigenvalue weighted by Gasteiger charge is -2.07. The molecule has 0 spiro atoms. The van der Waals surface area contributed by atoms with Crippen LogP contribution in [0.4, 0.5) is 0 Å². The van der Waals surface area contributed by atoms with Crippen LogP contribution >= 0.6 is 11.6 Å². The average molecular weight is 339 g/mol. The quantitative estimate of drug-likeness (QED) is 0.650. The molecule has 2 rings (SSSR count). The van der Waals surface area contributed by atoms with Crippen molar-refractivity contribution in [3.05, 3.63) is 64.7 Å². The molecule has 5 nitrogen and oxygen atoms in total. The van der Waals surface area contributed by atoms with Crippen LogP contribution in [0.5, 0.6) is 5.75 Å². The number of sulfonamides is 1. The summed E-state index contributed by atoms with van der Waals surface area (Å²) < 4.78 is 24.0. The highest BCUT2D eigenvalue weighted by molar-refractivity contribution is 7.88. The van der Waals surface area contributed by atoms with Crippen LogP contribution in [-0.2, 0) is 15.8 Å². The van der Waals surface area contributed by atoms with Crippen molar-refractivity contribution < 1.29 is 13.5 Å². The zero-order valence-corrected chi connectivity index (χ0v) is 13.4. The van der Waals surface area contributed by atoms with Gasteiger partial charge < -0.3 is 5.11 Å². The first-order valence-electron chi connectivity index (χ1n) is 6.44. The van der Waals surface area contributed by atoms with Gasteiger partial charge in [0.25, 0.3) is 10.0 Å². The highest BCUT2D eigenvalue weighted by atomic mass is 35.5. The second-order valence-electron chi connectivity index (χ2n) is 4.69. The van der Waals surface area contributed by atoms with E-state index < -0.39 is 10.0 Å². The monoisotopic (exact) mass is 338 g/mol. The number of hydrogen-bond acceptors (Lipinski definition) is 4. The second kappa shape index (κ2) is 6.81. The number of rotatable bonds is 5. The van der Waals surface area contributed by atoms with Crippen LogP contribution in [0.2, 0.25) is 5.02 Å². The van der Waals surface area contributed by atoms with Crippen LogP contribution in [-0.4, -0.2) is 19.2 Å². The van der Waals surface area contributed by atoms with Gasteiger partial charge in [0.05, 0.1) is 11.5 Å². The number of phenolic OH excluding ortho intramolecular Hbond substituents is 1. The number of hydrogen-bond donors (Lipinski definition) is 2. The van der Waals surface area contributed by atoms with Gasteiger partial charge in [-0.3, -0.25) is 0 Å². The first-order valence-corrected chi connectivity index (χ1v) is 8.47. The summed E-state index contributed by atoms with van der Waals surface area (Å²) in [5, 5.41) is 14.0. The molecule has 22 heavy (non-hydrogen) atoms. The molecule has 116 valence electrons. The van der Waals surface area contributed by atoms with Gasteiger partial charge in [-0.25, -0.2) is 13.2 Å².